The highest BCUT2D eigenvalue weighted by Gasteiger charge is 2.12. The molecule has 0 saturated carbocycles. The predicted molar refractivity (Wildman–Crippen MR) is 83.0 cm³/mol. The Hall–Kier alpha value is -1.32. The summed E-state index contributed by atoms with van der Waals surface area (Å²) < 4.78 is 5.47. The molecule has 1 N–H and O–H groups in total. The number of ether oxygens (including phenoxy) is 1. The van der Waals surface area contributed by atoms with Crippen LogP contribution in [-0.2, 0) is 0 Å². The third kappa shape index (κ3) is 4.36. The van der Waals surface area contributed by atoms with Crippen LogP contribution < -0.4 is 4.74 Å². The third-order valence-corrected chi connectivity index (χ3v) is 3.71. The van der Waals surface area contributed by atoms with E-state index in [1.165, 1.54) is 11.1 Å². The molecular weight excluding hydrogens is 250 g/mol. The molecule has 2 rings (SSSR count). The smallest absolute Gasteiger partial charge is 0.119 e. The summed E-state index contributed by atoms with van der Waals surface area (Å²) in [4.78, 5) is 2.45. The highest BCUT2D eigenvalue weighted by atomic mass is 16.5. The molecular formula is C17H25NO2. The molecule has 1 aromatic carbocycles. The first-order valence-corrected chi connectivity index (χ1v) is 7.59. The lowest BCUT2D eigenvalue weighted by Gasteiger charge is -2.26. The van der Waals surface area contributed by atoms with E-state index >= 15 is 0 Å². The molecule has 0 spiro atoms. The van der Waals surface area contributed by atoms with Crippen molar-refractivity contribution in [3.8, 4) is 5.75 Å². The Morgan fingerprint density at radius 3 is 2.60 bits per heavy atom. The van der Waals surface area contributed by atoms with Crippen molar-refractivity contribution in [2.45, 2.75) is 26.2 Å². The fourth-order valence-corrected chi connectivity index (χ4v) is 2.56. The summed E-state index contributed by atoms with van der Waals surface area (Å²) in [6, 6.07) is 8.40. The molecule has 0 bridgehead atoms. The monoisotopic (exact) mass is 275 g/mol. The maximum absolute atomic E-state index is 8.81. The van der Waals surface area contributed by atoms with Gasteiger partial charge in [-0.15, -0.1) is 0 Å². The number of benzene rings is 1. The Kier molecular flexibility index (Phi) is 6.09. The van der Waals surface area contributed by atoms with Gasteiger partial charge in [-0.05, 0) is 56.0 Å². The Bertz CT molecular complexity index is 425. The van der Waals surface area contributed by atoms with Gasteiger partial charge in [0, 0.05) is 19.7 Å². The normalized spacial score (nSPS) is 16.0. The molecule has 20 heavy (non-hydrogen) atoms. The standard InChI is InChI=1S/C17H25NO2/c1-2-20-17-7-5-15(6-8-17)16-9-12-18(13-10-16)11-3-4-14-19/h5-9,19H,2-4,10-14H2,1H3. The first-order chi connectivity index (χ1) is 9.83. The molecule has 0 saturated heterocycles. The fraction of sp³-hybridized carbons (Fsp3) is 0.529. The molecule has 1 heterocycles. The van der Waals surface area contributed by atoms with Crippen LogP contribution in [-0.4, -0.2) is 42.9 Å². The summed E-state index contributed by atoms with van der Waals surface area (Å²) >= 11 is 0. The predicted octanol–water partition coefficient (Wildman–Crippen LogP) is 2.95. The highest BCUT2D eigenvalue weighted by molar-refractivity contribution is 5.67. The van der Waals surface area contributed by atoms with Gasteiger partial charge in [-0.3, -0.25) is 4.90 Å². The van der Waals surface area contributed by atoms with E-state index in [-0.39, 0.29) is 0 Å². The van der Waals surface area contributed by atoms with E-state index in [4.69, 9.17) is 9.84 Å². The average molecular weight is 275 g/mol. The van der Waals surface area contributed by atoms with Crippen molar-refractivity contribution in [3.63, 3.8) is 0 Å². The quantitative estimate of drug-likeness (QED) is 0.777. The topological polar surface area (TPSA) is 32.7 Å². The molecule has 0 unspecified atom stereocenters. The van der Waals surface area contributed by atoms with Crippen molar-refractivity contribution in [1.82, 2.24) is 4.90 Å². The van der Waals surface area contributed by atoms with E-state index in [0.717, 1.165) is 44.6 Å². The van der Waals surface area contributed by atoms with Crippen LogP contribution in [0.4, 0.5) is 0 Å². The van der Waals surface area contributed by atoms with Crippen LogP contribution in [0.3, 0.4) is 0 Å². The van der Waals surface area contributed by atoms with Crippen LogP contribution in [0.5, 0.6) is 5.75 Å². The van der Waals surface area contributed by atoms with Crippen LogP contribution in [0.2, 0.25) is 0 Å². The molecule has 0 aliphatic carbocycles. The van der Waals surface area contributed by atoms with Gasteiger partial charge in [-0.2, -0.15) is 0 Å². The summed E-state index contributed by atoms with van der Waals surface area (Å²) in [7, 11) is 0. The molecule has 1 aliphatic heterocycles. The fourth-order valence-electron chi connectivity index (χ4n) is 2.56. The molecule has 0 amide bonds. The molecule has 0 fully saturated rings. The SMILES string of the molecule is CCOc1ccc(C2=CCN(CCCCO)CC2)cc1. The van der Waals surface area contributed by atoms with Crippen molar-refractivity contribution < 1.29 is 9.84 Å². The number of aliphatic hydroxyl groups excluding tert-OH is 1. The Morgan fingerprint density at radius 1 is 1.20 bits per heavy atom. The molecule has 1 aromatic rings. The van der Waals surface area contributed by atoms with Crippen LogP contribution in [0.15, 0.2) is 30.3 Å². The largest absolute Gasteiger partial charge is 0.494 e. The minimum atomic E-state index is 0.307. The maximum Gasteiger partial charge on any atom is 0.119 e. The van der Waals surface area contributed by atoms with Gasteiger partial charge in [-0.25, -0.2) is 0 Å². The van der Waals surface area contributed by atoms with Crippen LogP contribution >= 0.6 is 0 Å². The van der Waals surface area contributed by atoms with Gasteiger partial charge in [0.1, 0.15) is 5.75 Å². The number of unbranched alkanes of at least 4 members (excludes halogenated alkanes) is 1. The third-order valence-electron chi connectivity index (χ3n) is 3.71. The molecule has 0 aromatic heterocycles. The van der Waals surface area contributed by atoms with Gasteiger partial charge < -0.3 is 9.84 Å². The van der Waals surface area contributed by atoms with E-state index < -0.39 is 0 Å². The van der Waals surface area contributed by atoms with Crippen LogP contribution in [0, 0.1) is 0 Å². The van der Waals surface area contributed by atoms with Crippen molar-refractivity contribution in [3.05, 3.63) is 35.9 Å². The second-order valence-electron chi connectivity index (χ2n) is 5.17. The summed E-state index contributed by atoms with van der Waals surface area (Å²) in [5.74, 6) is 0.943. The number of nitrogens with zero attached hydrogens (tertiary/aromatic N) is 1. The average Bonchev–Trinajstić information content (AvgIpc) is 2.49. The zero-order valence-corrected chi connectivity index (χ0v) is 12.3. The lowest BCUT2D eigenvalue weighted by molar-refractivity contribution is 0.253. The van der Waals surface area contributed by atoms with Gasteiger partial charge in [-0.1, -0.05) is 18.2 Å². The zero-order chi connectivity index (χ0) is 14.2. The molecule has 0 radical (unpaired) electrons. The Labute approximate surface area is 121 Å². The Balaban J connectivity index is 1.87. The van der Waals surface area contributed by atoms with Crippen molar-refractivity contribution in [2.24, 2.45) is 0 Å². The second-order valence-corrected chi connectivity index (χ2v) is 5.17. The summed E-state index contributed by atoms with van der Waals surface area (Å²) in [6.45, 7) is 6.25. The van der Waals surface area contributed by atoms with Crippen molar-refractivity contribution in [1.29, 1.82) is 0 Å². The molecule has 0 atom stereocenters. The minimum absolute atomic E-state index is 0.307. The maximum atomic E-state index is 8.81. The zero-order valence-electron chi connectivity index (χ0n) is 12.3. The lowest BCUT2D eigenvalue weighted by atomic mass is 9.99. The Morgan fingerprint density at radius 2 is 2.00 bits per heavy atom. The van der Waals surface area contributed by atoms with E-state index in [0.29, 0.717) is 13.2 Å². The van der Waals surface area contributed by atoms with E-state index in [1.54, 1.807) is 0 Å². The van der Waals surface area contributed by atoms with E-state index in [9.17, 15) is 0 Å². The highest BCUT2D eigenvalue weighted by Crippen LogP contribution is 2.24. The number of hydrogen-bond donors (Lipinski definition) is 1. The van der Waals surface area contributed by atoms with Crippen molar-refractivity contribution >= 4 is 5.57 Å². The number of aliphatic hydroxyl groups is 1. The van der Waals surface area contributed by atoms with Gasteiger partial charge in [0.05, 0.1) is 6.61 Å². The molecule has 1 aliphatic rings. The van der Waals surface area contributed by atoms with Gasteiger partial charge >= 0.3 is 0 Å². The van der Waals surface area contributed by atoms with E-state index in [2.05, 4.69) is 23.1 Å². The summed E-state index contributed by atoms with van der Waals surface area (Å²) in [5, 5.41) is 8.81. The van der Waals surface area contributed by atoms with Crippen molar-refractivity contribution in [2.75, 3.05) is 32.8 Å². The molecule has 110 valence electrons. The van der Waals surface area contributed by atoms with Gasteiger partial charge in [0.2, 0.25) is 0 Å². The minimum Gasteiger partial charge on any atom is -0.494 e. The van der Waals surface area contributed by atoms with E-state index in [1.807, 2.05) is 19.1 Å². The second kappa shape index (κ2) is 8.08. The van der Waals surface area contributed by atoms with Gasteiger partial charge in [0.25, 0.3) is 0 Å². The lowest BCUT2D eigenvalue weighted by Crippen LogP contribution is -2.29. The molecule has 3 heteroatoms. The van der Waals surface area contributed by atoms with Crippen LogP contribution in [0.1, 0.15) is 31.7 Å². The number of hydrogen-bond acceptors (Lipinski definition) is 3. The first kappa shape index (κ1) is 15.1. The first-order valence-electron chi connectivity index (χ1n) is 7.59. The van der Waals surface area contributed by atoms with Gasteiger partial charge in [0.15, 0.2) is 0 Å². The summed E-state index contributed by atoms with van der Waals surface area (Å²) in [6.07, 6.45) is 5.43. The summed E-state index contributed by atoms with van der Waals surface area (Å²) in [5.41, 5.74) is 2.75. The number of rotatable bonds is 7. The molecule has 3 nitrogen and oxygen atoms in total. The van der Waals surface area contributed by atoms with Crippen LogP contribution in [0.25, 0.3) is 5.57 Å².